The van der Waals surface area contributed by atoms with Gasteiger partial charge in [-0.05, 0) is 44.9 Å². The fourth-order valence-electron chi connectivity index (χ4n) is 11.6. The summed E-state index contributed by atoms with van der Waals surface area (Å²) in [5, 5.41) is 54.7. The van der Waals surface area contributed by atoms with Gasteiger partial charge >= 0.3 is 0 Å². The SMILES string of the molecule is CCCCCCCCCCCC/C=C/CC/C=C/CC/C=C/C(O)C(COC1OC(CO)C(O)C(O)C1O)NC(=O)CCCCCCCCCCCCCCCCCCCCCCCCCCCCCCCCCCCCCCCC. The number of carbonyl (C=O) groups excluding carboxylic acids is 1. The van der Waals surface area contributed by atoms with Crippen molar-refractivity contribution >= 4 is 5.91 Å². The third-order valence-corrected chi connectivity index (χ3v) is 17.2. The Balaban J connectivity index is 2.07. The van der Waals surface area contributed by atoms with E-state index in [9.17, 15) is 30.3 Å². The number of ether oxygens (including phenoxy) is 2. The van der Waals surface area contributed by atoms with Gasteiger partial charge in [0.15, 0.2) is 6.29 Å². The minimum atomic E-state index is -1.57. The van der Waals surface area contributed by atoms with Gasteiger partial charge in [0, 0.05) is 6.42 Å². The molecule has 9 nitrogen and oxygen atoms in total. The van der Waals surface area contributed by atoms with Crippen LogP contribution in [-0.2, 0) is 14.3 Å². The molecule has 0 bridgehead atoms. The maximum Gasteiger partial charge on any atom is 0.220 e. The molecule has 0 spiro atoms. The molecule has 7 unspecified atom stereocenters. The number of aliphatic hydroxyl groups excluding tert-OH is 5. The van der Waals surface area contributed by atoms with Crippen LogP contribution >= 0.6 is 0 Å². The van der Waals surface area contributed by atoms with Crippen LogP contribution < -0.4 is 5.32 Å². The van der Waals surface area contributed by atoms with E-state index in [1.165, 1.54) is 295 Å². The Morgan fingerprint density at radius 3 is 1.04 bits per heavy atom. The van der Waals surface area contributed by atoms with Gasteiger partial charge in [0.1, 0.15) is 24.4 Å². The predicted molar refractivity (Wildman–Crippen MR) is 346 cm³/mol. The van der Waals surface area contributed by atoms with Crippen LogP contribution in [0.25, 0.3) is 0 Å². The molecule has 1 aliphatic heterocycles. The molecule has 6 N–H and O–H groups in total. The Morgan fingerprint density at radius 1 is 0.407 bits per heavy atom. The molecule has 0 aromatic carbocycles. The Hall–Kier alpha value is -1.59. The molecular formula is C72H137NO8. The smallest absolute Gasteiger partial charge is 0.220 e. The maximum absolute atomic E-state index is 13.1. The van der Waals surface area contributed by atoms with Crippen LogP contribution in [0.5, 0.6) is 0 Å². The Kier molecular flexibility index (Phi) is 58.8. The van der Waals surface area contributed by atoms with Crippen LogP contribution in [-0.4, -0.2) is 87.5 Å². The summed E-state index contributed by atoms with van der Waals surface area (Å²) in [6.07, 6.45) is 75.7. The average Bonchev–Trinajstić information content (AvgIpc) is 3.47. The lowest BCUT2D eigenvalue weighted by molar-refractivity contribution is -0.302. The fourth-order valence-corrected chi connectivity index (χ4v) is 11.6. The minimum Gasteiger partial charge on any atom is -0.394 e. The van der Waals surface area contributed by atoms with Crippen molar-refractivity contribution in [2.75, 3.05) is 13.2 Å². The number of rotatable bonds is 63. The number of amides is 1. The molecule has 0 aromatic heterocycles. The van der Waals surface area contributed by atoms with Crippen molar-refractivity contribution in [1.82, 2.24) is 5.32 Å². The molecule has 81 heavy (non-hydrogen) atoms. The van der Waals surface area contributed by atoms with E-state index < -0.39 is 49.5 Å². The topological polar surface area (TPSA) is 149 Å². The third-order valence-electron chi connectivity index (χ3n) is 17.2. The summed E-state index contributed by atoms with van der Waals surface area (Å²) < 4.78 is 11.3. The van der Waals surface area contributed by atoms with E-state index >= 15 is 0 Å². The molecule has 478 valence electrons. The Morgan fingerprint density at radius 2 is 0.704 bits per heavy atom. The summed E-state index contributed by atoms with van der Waals surface area (Å²) in [7, 11) is 0. The number of carbonyl (C=O) groups is 1. The maximum atomic E-state index is 13.1. The van der Waals surface area contributed by atoms with Gasteiger partial charge in [-0.2, -0.15) is 0 Å². The van der Waals surface area contributed by atoms with Crippen molar-refractivity contribution in [3.63, 3.8) is 0 Å². The molecule has 0 saturated carbocycles. The highest BCUT2D eigenvalue weighted by Crippen LogP contribution is 2.23. The van der Waals surface area contributed by atoms with Crippen molar-refractivity contribution in [2.24, 2.45) is 0 Å². The lowest BCUT2D eigenvalue weighted by Crippen LogP contribution is -2.60. The van der Waals surface area contributed by atoms with Gasteiger partial charge in [-0.1, -0.05) is 346 Å². The van der Waals surface area contributed by atoms with Crippen LogP contribution in [0.2, 0.25) is 0 Å². The highest BCUT2D eigenvalue weighted by atomic mass is 16.7. The summed E-state index contributed by atoms with van der Waals surface area (Å²) >= 11 is 0. The zero-order valence-corrected chi connectivity index (χ0v) is 53.6. The van der Waals surface area contributed by atoms with Crippen LogP contribution in [0, 0.1) is 0 Å². The largest absolute Gasteiger partial charge is 0.394 e. The third kappa shape index (κ3) is 50.3. The van der Waals surface area contributed by atoms with Gasteiger partial charge in [0.05, 0.1) is 25.4 Å². The van der Waals surface area contributed by atoms with Gasteiger partial charge < -0.3 is 40.3 Å². The first kappa shape index (κ1) is 77.4. The van der Waals surface area contributed by atoms with E-state index in [-0.39, 0.29) is 12.5 Å². The first-order chi connectivity index (χ1) is 39.8. The second kappa shape index (κ2) is 61.5. The molecule has 0 radical (unpaired) electrons. The molecule has 0 aromatic rings. The monoisotopic (exact) mass is 1140 g/mol. The summed E-state index contributed by atoms with van der Waals surface area (Å²) in [5.74, 6) is -0.184. The predicted octanol–water partition coefficient (Wildman–Crippen LogP) is 19.4. The second-order valence-corrected chi connectivity index (χ2v) is 25.0. The van der Waals surface area contributed by atoms with Gasteiger partial charge in [0.25, 0.3) is 0 Å². The number of allylic oxidation sites excluding steroid dienone is 5. The molecule has 1 amide bonds. The number of nitrogens with one attached hydrogen (secondary N) is 1. The van der Waals surface area contributed by atoms with Crippen molar-refractivity contribution in [3.05, 3.63) is 36.5 Å². The summed E-state index contributed by atoms with van der Waals surface area (Å²) in [4.78, 5) is 13.1. The normalized spacial score (nSPS) is 18.5. The zero-order valence-electron chi connectivity index (χ0n) is 53.6. The number of aliphatic hydroxyl groups is 5. The first-order valence-electron chi connectivity index (χ1n) is 35.7. The standard InChI is InChI=1S/C72H137NO8/c1-3-5-7-9-11-13-15-17-19-21-23-25-26-27-28-29-30-31-32-33-34-35-36-37-38-39-40-41-42-44-46-48-50-52-54-56-58-60-62-68(76)73-65(64-80-72-71(79)70(78)69(77)67(63-74)81-72)66(75)61-59-57-55-53-51-49-47-45-43-24-22-20-18-16-14-12-10-8-6-4-2/h43,45,51,53,59,61,65-67,69-72,74-75,77-79H,3-42,44,46-50,52,54-58,60,62-64H2,1-2H3,(H,73,76)/b45-43+,53-51+,61-59+. The molecule has 1 fully saturated rings. The summed E-state index contributed by atoms with van der Waals surface area (Å²) in [6.45, 7) is 3.80. The first-order valence-corrected chi connectivity index (χ1v) is 35.7. The van der Waals surface area contributed by atoms with Gasteiger partial charge in [0.2, 0.25) is 5.91 Å². The number of hydrogen-bond acceptors (Lipinski definition) is 8. The highest BCUT2D eigenvalue weighted by molar-refractivity contribution is 5.76. The molecule has 9 heteroatoms. The molecule has 1 heterocycles. The lowest BCUT2D eigenvalue weighted by Gasteiger charge is -2.40. The van der Waals surface area contributed by atoms with Crippen LogP contribution in [0.3, 0.4) is 0 Å². The molecule has 1 aliphatic rings. The van der Waals surface area contributed by atoms with Crippen molar-refractivity contribution < 1.29 is 39.8 Å². The van der Waals surface area contributed by atoms with E-state index in [4.69, 9.17) is 9.47 Å². The highest BCUT2D eigenvalue weighted by Gasteiger charge is 2.44. The summed E-state index contributed by atoms with van der Waals surface area (Å²) in [5.41, 5.74) is 0. The van der Waals surface area contributed by atoms with E-state index in [1.54, 1.807) is 6.08 Å². The lowest BCUT2D eigenvalue weighted by atomic mass is 9.99. The molecular weight excluding hydrogens is 1010 g/mol. The van der Waals surface area contributed by atoms with Gasteiger partial charge in [-0.15, -0.1) is 0 Å². The van der Waals surface area contributed by atoms with Crippen molar-refractivity contribution in [2.45, 2.75) is 403 Å². The average molecular weight is 1140 g/mol. The van der Waals surface area contributed by atoms with Crippen LogP contribution in [0.15, 0.2) is 36.5 Å². The van der Waals surface area contributed by atoms with E-state index in [1.807, 2.05) is 6.08 Å². The minimum absolute atomic E-state index is 0.184. The van der Waals surface area contributed by atoms with E-state index in [0.717, 1.165) is 44.9 Å². The molecule has 0 aliphatic carbocycles. The van der Waals surface area contributed by atoms with Crippen LogP contribution in [0.1, 0.15) is 361 Å². The second-order valence-electron chi connectivity index (χ2n) is 25.0. The van der Waals surface area contributed by atoms with Gasteiger partial charge in [-0.25, -0.2) is 0 Å². The molecule has 7 atom stereocenters. The Labute approximate surface area is 501 Å². The number of unbranched alkanes of at least 4 members (excludes halogenated alkanes) is 49. The quantitative estimate of drug-likeness (QED) is 0.0261. The van der Waals surface area contributed by atoms with Crippen molar-refractivity contribution in [1.29, 1.82) is 0 Å². The van der Waals surface area contributed by atoms with E-state index in [0.29, 0.717) is 6.42 Å². The fraction of sp³-hybridized carbons (Fsp3) is 0.903. The van der Waals surface area contributed by atoms with E-state index in [2.05, 4.69) is 43.5 Å². The van der Waals surface area contributed by atoms with Crippen molar-refractivity contribution in [3.8, 4) is 0 Å². The van der Waals surface area contributed by atoms with Gasteiger partial charge in [-0.3, -0.25) is 4.79 Å². The molecule has 1 saturated heterocycles. The summed E-state index contributed by atoms with van der Waals surface area (Å²) in [6, 6.07) is -0.827. The number of hydrogen-bond donors (Lipinski definition) is 6. The Bertz CT molecular complexity index is 1370. The zero-order chi connectivity index (χ0) is 58.6. The van der Waals surface area contributed by atoms with Crippen LogP contribution in [0.4, 0.5) is 0 Å². The molecule has 1 rings (SSSR count).